The number of rotatable bonds is 8. The van der Waals surface area contributed by atoms with Crippen LogP contribution in [-0.2, 0) is 19.0 Å². The largest absolute Gasteiger partial charge is 0.444 e. The Balaban J connectivity index is 1.44. The summed E-state index contributed by atoms with van der Waals surface area (Å²) in [5, 5.41) is 3.49. The van der Waals surface area contributed by atoms with Crippen molar-refractivity contribution in [2.24, 2.45) is 11.8 Å². The van der Waals surface area contributed by atoms with E-state index in [-0.39, 0.29) is 36.4 Å². The third kappa shape index (κ3) is 7.53. The Hall–Kier alpha value is -2.92. The lowest BCUT2D eigenvalue weighted by molar-refractivity contribution is -0.142. The fourth-order valence-electron chi connectivity index (χ4n) is 5.86. The minimum atomic E-state index is -0.680. The molecule has 11 heteroatoms. The Morgan fingerprint density at radius 3 is 2.40 bits per heavy atom. The Labute approximate surface area is 249 Å². The monoisotopic (exact) mass is 585 g/mol. The maximum absolute atomic E-state index is 14.4. The number of morpholine rings is 1. The summed E-state index contributed by atoms with van der Waals surface area (Å²) in [4.78, 5) is 51.4. The maximum Gasteiger partial charge on any atom is 0.410 e. The molecule has 2 atom stereocenters. The van der Waals surface area contributed by atoms with E-state index in [2.05, 4.69) is 25.2 Å². The lowest BCUT2D eigenvalue weighted by Crippen LogP contribution is -2.58. The first kappa shape index (κ1) is 30.5. The van der Waals surface area contributed by atoms with E-state index >= 15 is 0 Å². The van der Waals surface area contributed by atoms with Crippen LogP contribution < -0.4 is 5.32 Å². The fourth-order valence-corrected chi connectivity index (χ4v) is 5.86. The first-order valence-corrected chi connectivity index (χ1v) is 15.5. The second-order valence-corrected chi connectivity index (χ2v) is 13.6. The van der Waals surface area contributed by atoms with E-state index in [0.29, 0.717) is 70.6 Å². The molecule has 3 aliphatic heterocycles. The first-order chi connectivity index (χ1) is 20.0. The molecule has 5 rings (SSSR count). The molecule has 0 unspecified atom stereocenters. The zero-order valence-electron chi connectivity index (χ0n) is 25.8. The number of pyridine rings is 1. The zero-order valence-corrected chi connectivity index (χ0v) is 25.8. The number of hydrogen-bond donors (Lipinski definition) is 1. The third-order valence-corrected chi connectivity index (χ3v) is 8.17. The predicted octanol–water partition coefficient (Wildman–Crippen LogP) is 3.35. The second kappa shape index (κ2) is 12.8. The molecule has 0 radical (unpaired) electrons. The number of likely N-dealkylation sites (tertiary alicyclic amines) is 1. The Morgan fingerprint density at radius 1 is 1.10 bits per heavy atom. The average Bonchev–Trinajstić information content (AvgIpc) is 3.78. The van der Waals surface area contributed by atoms with Crippen molar-refractivity contribution in [2.75, 3.05) is 64.5 Å². The molecule has 0 spiro atoms. The van der Waals surface area contributed by atoms with E-state index < -0.39 is 17.6 Å². The van der Waals surface area contributed by atoms with Gasteiger partial charge in [-0.05, 0) is 63.5 Å². The van der Waals surface area contributed by atoms with Crippen molar-refractivity contribution in [3.63, 3.8) is 0 Å². The number of nitrogens with one attached hydrogen (secondary N) is 1. The lowest BCUT2D eigenvalue weighted by atomic mass is 9.91. The molecular weight excluding hydrogens is 538 g/mol. The van der Waals surface area contributed by atoms with Gasteiger partial charge in [0.25, 0.3) is 5.91 Å². The molecule has 1 N–H and O–H groups in total. The van der Waals surface area contributed by atoms with E-state index in [1.165, 1.54) is 0 Å². The Morgan fingerprint density at radius 2 is 1.81 bits per heavy atom. The molecule has 4 fully saturated rings. The Kier molecular flexibility index (Phi) is 9.27. The summed E-state index contributed by atoms with van der Waals surface area (Å²) in [6.07, 6.45) is 4.11. The van der Waals surface area contributed by atoms with Crippen molar-refractivity contribution in [2.45, 2.75) is 77.5 Å². The highest BCUT2D eigenvalue weighted by atomic mass is 16.6. The molecule has 1 aliphatic carbocycles. The highest BCUT2D eigenvalue weighted by Crippen LogP contribution is 2.41. The number of carbonyl (C=O) groups is 3. The molecule has 0 bridgehead atoms. The molecule has 0 aromatic carbocycles. The zero-order chi connectivity index (χ0) is 30.0. The first-order valence-electron chi connectivity index (χ1n) is 15.5. The minimum absolute atomic E-state index is 0.00671. The number of carbonyl (C=O) groups excluding carboxylic acids is 3. The molecule has 1 aromatic rings. The van der Waals surface area contributed by atoms with Gasteiger partial charge in [0.15, 0.2) is 5.69 Å². The number of anilines is 1. The van der Waals surface area contributed by atoms with Crippen molar-refractivity contribution in [3.05, 3.63) is 23.5 Å². The molecule has 4 heterocycles. The number of ether oxygens (including phenoxy) is 3. The van der Waals surface area contributed by atoms with Crippen LogP contribution in [0.3, 0.4) is 0 Å². The molecule has 3 saturated heterocycles. The van der Waals surface area contributed by atoms with Crippen molar-refractivity contribution in [1.29, 1.82) is 0 Å². The molecule has 11 nitrogen and oxygen atoms in total. The van der Waals surface area contributed by atoms with Crippen LogP contribution >= 0.6 is 0 Å². The summed E-state index contributed by atoms with van der Waals surface area (Å²) < 4.78 is 16.6. The van der Waals surface area contributed by atoms with E-state index in [4.69, 9.17) is 19.2 Å². The normalized spacial score (nSPS) is 23.4. The third-order valence-electron chi connectivity index (χ3n) is 8.17. The quantitative estimate of drug-likeness (QED) is 0.494. The standard InChI is InChI=1S/C31H47N5O6/c1-20(2)15-36(29(38)27-26(33-24-18-41-19-24)13-22(14-32-27)21-6-7-21)25-12-23(28(37)34-8-10-40-11-9-34)16-35(17-25)30(39)42-31(3,4)5/h13-14,20-21,23-25,33H,6-12,15-19H2,1-5H3/t23-,25+/m1/s1. The summed E-state index contributed by atoms with van der Waals surface area (Å²) >= 11 is 0. The smallest absolute Gasteiger partial charge is 0.410 e. The van der Waals surface area contributed by atoms with E-state index in [1.54, 1.807) is 4.90 Å². The van der Waals surface area contributed by atoms with Crippen LogP contribution in [0.15, 0.2) is 12.3 Å². The van der Waals surface area contributed by atoms with E-state index in [9.17, 15) is 14.4 Å². The van der Waals surface area contributed by atoms with Gasteiger partial charge < -0.3 is 34.2 Å². The molecule has 4 aliphatic rings. The molecule has 3 amide bonds. The molecule has 1 saturated carbocycles. The Bertz CT molecular complexity index is 1140. The van der Waals surface area contributed by atoms with Gasteiger partial charge in [0, 0.05) is 38.9 Å². The molecule has 232 valence electrons. The van der Waals surface area contributed by atoms with E-state index in [1.807, 2.05) is 36.8 Å². The molecular formula is C31H47N5O6. The second-order valence-electron chi connectivity index (χ2n) is 13.6. The number of nitrogens with zero attached hydrogens (tertiary/aromatic N) is 4. The van der Waals surface area contributed by atoms with Gasteiger partial charge in [-0.15, -0.1) is 0 Å². The van der Waals surface area contributed by atoms with Gasteiger partial charge in [-0.25, -0.2) is 9.78 Å². The summed E-state index contributed by atoms with van der Waals surface area (Å²) in [5.41, 5.74) is 1.57. The lowest BCUT2D eigenvalue weighted by Gasteiger charge is -2.44. The van der Waals surface area contributed by atoms with Gasteiger partial charge in [0.05, 0.1) is 50.1 Å². The molecule has 42 heavy (non-hydrogen) atoms. The highest BCUT2D eigenvalue weighted by Gasteiger charge is 2.42. The summed E-state index contributed by atoms with van der Waals surface area (Å²) in [7, 11) is 0. The van der Waals surface area contributed by atoms with Gasteiger partial charge in [0.2, 0.25) is 5.91 Å². The van der Waals surface area contributed by atoms with Crippen LogP contribution in [-0.4, -0.2) is 114 Å². The van der Waals surface area contributed by atoms with Crippen LogP contribution in [0.1, 0.15) is 75.9 Å². The number of amides is 3. The summed E-state index contributed by atoms with van der Waals surface area (Å²) in [6.45, 7) is 13.9. The average molecular weight is 586 g/mol. The van der Waals surface area contributed by atoms with Gasteiger partial charge in [-0.3, -0.25) is 9.59 Å². The maximum atomic E-state index is 14.4. The van der Waals surface area contributed by atoms with Crippen LogP contribution in [0.2, 0.25) is 0 Å². The van der Waals surface area contributed by atoms with Gasteiger partial charge in [-0.1, -0.05) is 13.8 Å². The van der Waals surface area contributed by atoms with Gasteiger partial charge >= 0.3 is 6.09 Å². The van der Waals surface area contributed by atoms with Gasteiger partial charge in [0.1, 0.15) is 5.60 Å². The number of hydrogen-bond acceptors (Lipinski definition) is 8. The topological polar surface area (TPSA) is 114 Å². The molecule has 1 aromatic heterocycles. The van der Waals surface area contributed by atoms with Crippen LogP contribution in [0.25, 0.3) is 0 Å². The highest BCUT2D eigenvalue weighted by molar-refractivity contribution is 5.98. The van der Waals surface area contributed by atoms with Crippen LogP contribution in [0.5, 0.6) is 0 Å². The summed E-state index contributed by atoms with van der Waals surface area (Å²) in [6, 6.07) is 1.84. The van der Waals surface area contributed by atoms with Crippen LogP contribution in [0.4, 0.5) is 10.5 Å². The number of piperidine rings is 1. The van der Waals surface area contributed by atoms with Crippen LogP contribution in [0, 0.1) is 11.8 Å². The predicted molar refractivity (Wildman–Crippen MR) is 157 cm³/mol. The van der Waals surface area contributed by atoms with Crippen molar-refractivity contribution in [1.82, 2.24) is 19.7 Å². The minimum Gasteiger partial charge on any atom is -0.444 e. The van der Waals surface area contributed by atoms with Crippen molar-refractivity contribution < 1.29 is 28.6 Å². The number of aromatic nitrogens is 1. The van der Waals surface area contributed by atoms with E-state index in [0.717, 1.165) is 24.1 Å². The SMILES string of the molecule is CC(C)CN(C(=O)c1ncc(C2CC2)cc1NC1COC1)[C@H]1C[C@@H](C(=O)N2CCOCC2)CN(C(=O)OC(C)(C)C)C1. The summed E-state index contributed by atoms with van der Waals surface area (Å²) in [5.74, 6) is 0.0163. The van der Waals surface area contributed by atoms with Crippen molar-refractivity contribution in [3.8, 4) is 0 Å². The van der Waals surface area contributed by atoms with Gasteiger partial charge in [-0.2, -0.15) is 0 Å². The van der Waals surface area contributed by atoms with Crippen molar-refractivity contribution >= 4 is 23.6 Å². The fraction of sp³-hybridized carbons (Fsp3) is 0.742.